The first-order chi connectivity index (χ1) is 8.47. The summed E-state index contributed by atoms with van der Waals surface area (Å²) < 4.78 is 39.0. The van der Waals surface area contributed by atoms with Crippen LogP contribution >= 0.6 is 27.3 Å². The van der Waals surface area contributed by atoms with Crippen molar-refractivity contribution in [2.24, 2.45) is 0 Å². The molecule has 0 aromatic carbocycles. The van der Waals surface area contributed by atoms with Gasteiger partial charge in [-0.1, -0.05) is 0 Å². The SMILES string of the molecule is FC(F)(F)C[C@H](c1sccc1Br)N1CCNCC1. The predicted octanol–water partition coefficient (Wildman–Crippen LogP) is 3.41. The number of hydrogen-bond donors (Lipinski definition) is 1. The van der Waals surface area contributed by atoms with Crippen LogP contribution in [0.5, 0.6) is 0 Å². The van der Waals surface area contributed by atoms with Crippen LogP contribution in [-0.4, -0.2) is 37.3 Å². The van der Waals surface area contributed by atoms with Gasteiger partial charge in [0.15, 0.2) is 0 Å². The Morgan fingerprint density at radius 1 is 1.39 bits per heavy atom. The smallest absolute Gasteiger partial charge is 0.314 e. The van der Waals surface area contributed by atoms with Crippen LogP contribution in [-0.2, 0) is 0 Å². The Hall–Kier alpha value is -0.110. The van der Waals surface area contributed by atoms with Gasteiger partial charge in [0.1, 0.15) is 0 Å². The third kappa shape index (κ3) is 3.69. The van der Waals surface area contributed by atoms with Crippen molar-refractivity contribution in [2.75, 3.05) is 26.2 Å². The predicted molar refractivity (Wildman–Crippen MR) is 69.9 cm³/mol. The highest BCUT2D eigenvalue weighted by Crippen LogP contribution is 2.39. The highest BCUT2D eigenvalue weighted by atomic mass is 79.9. The van der Waals surface area contributed by atoms with E-state index in [1.807, 2.05) is 16.3 Å². The average Bonchev–Trinajstić information content (AvgIpc) is 2.72. The largest absolute Gasteiger partial charge is 0.390 e. The summed E-state index contributed by atoms with van der Waals surface area (Å²) >= 11 is 4.72. The molecule has 1 saturated heterocycles. The molecular formula is C11H14BrF3N2S. The van der Waals surface area contributed by atoms with Crippen molar-refractivity contribution < 1.29 is 13.2 Å². The fraction of sp³-hybridized carbons (Fsp3) is 0.636. The second kappa shape index (κ2) is 5.90. The van der Waals surface area contributed by atoms with Crippen LogP contribution in [0.15, 0.2) is 15.9 Å². The number of alkyl halides is 3. The van der Waals surface area contributed by atoms with Crippen molar-refractivity contribution in [3.8, 4) is 0 Å². The highest BCUT2D eigenvalue weighted by molar-refractivity contribution is 9.10. The Morgan fingerprint density at radius 3 is 2.56 bits per heavy atom. The van der Waals surface area contributed by atoms with Gasteiger partial charge in [0.05, 0.1) is 12.5 Å². The van der Waals surface area contributed by atoms with Crippen LogP contribution in [0.3, 0.4) is 0 Å². The van der Waals surface area contributed by atoms with E-state index in [4.69, 9.17) is 0 Å². The fourth-order valence-corrected chi connectivity index (χ4v) is 3.92. The van der Waals surface area contributed by atoms with E-state index in [2.05, 4.69) is 21.2 Å². The number of nitrogens with one attached hydrogen (secondary N) is 1. The Kier molecular flexibility index (Phi) is 4.69. The van der Waals surface area contributed by atoms with Crippen LogP contribution < -0.4 is 5.32 Å². The second-order valence-corrected chi connectivity index (χ2v) is 6.06. The number of hydrogen-bond acceptors (Lipinski definition) is 3. The van der Waals surface area contributed by atoms with E-state index in [1.165, 1.54) is 11.3 Å². The maximum absolute atomic E-state index is 12.7. The molecule has 0 saturated carbocycles. The van der Waals surface area contributed by atoms with E-state index < -0.39 is 18.6 Å². The summed E-state index contributed by atoms with van der Waals surface area (Å²) in [6.07, 6.45) is -4.93. The Balaban J connectivity index is 2.19. The zero-order valence-electron chi connectivity index (χ0n) is 9.63. The van der Waals surface area contributed by atoms with E-state index in [-0.39, 0.29) is 0 Å². The number of piperazine rings is 1. The Labute approximate surface area is 116 Å². The van der Waals surface area contributed by atoms with E-state index in [0.717, 1.165) is 22.4 Å². The summed E-state index contributed by atoms with van der Waals surface area (Å²) in [5, 5.41) is 4.99. The van der Waals surface area contributed by atoms with Gasteiger partial charge >= 0.3 is 6.18 Å². The molecule has 0 radical (unpaired) electrons. The minimum absolute atomic E-state index is 0.568. The molecule has 2 rings (SSSR count). The molecule has 18 heavy (non-hydrogen) atoms. The number of thiophene rings is 1. The molecule has 0 amide bonds. The molecule has 0 aliphatic carbocycles. The average molecular weight is 343 g/mol. The van der Waals surface area contributed by atoms with Gasteiger partial charge in [0.25, 0.3) is 0 Å². The minimum Gasteiger partial charge on any atom is -0.314 e. The summed E-state index contributed by atoms with van der Waals surface area (Å²) in [7, 11) is 0. The van der Waals surface area contributed by atoms with Crippen LogP contribution in [0.2, 0.25) is 0 Å². The number of nitrogens with zero attached hydrogens (tertiary/aromatic N) is 1. The molecule has 0 unspecified atom stereocenters. The standard InChI is InChI=1S/C11H14BrF3N2S/c12-8-1-6-18-10(8)9(7-11(13,14)15)17-4-2-16-3-5-17/h1,6,9,16H,2-5,7H2/t9-/m1/s1. The monoisotopic (exact) mass is 342 g/mol. The second-order valence-electron chi connectivity index (χ2n) is 4.25. The molecule has 0 bridgehead atoms. The third-order valence-corrected chi connectivity index (χ3v) is 4.94. The topological polar surface area (TPSA) is 15.3 Å². The first-order valence-corrected chi connectivity index (χ1v) is 7.39. The van der Waals surface area contributed by atoms with Crippen molar-refractivity contribution in [3.63, 3.8) is 0 Å². The zero-order valence-corrected chi connectivity index (χ0v) is 12.0. The van der Waals surface area contributed by atoms with E-state index in [9.17, 15) is 13.2 Å². The molecule has 2 nitrogen and oxygen atoms in total. The Bertz CT molecular complexity index is 388. The van der Waals surface area contributed by atoms with Gasteiger partial charge in [-0.2, -0.15) is 13.2 Å². The molecule has 1 aromatic rings. The van der Waals surface area contributed by atoms with E-state index >= 15 is 0 Å². The summed E-state index contributed by atoms with van der Waals surface area (Å²) in [4.78, 5) is 2.69. The lowest BCUT2D eigenvalue weighted by Gasteiger charge is -2.35. The van der Waals surface area contributed by atoms with Gasteiger partial charge in [-0.3, -0.25) is 4.90 Å². The zero-order chi connectivity index (χ0) is 13.2. The van der Waals surface area contributed by atoms with Crippen LogP contribution in [0, 0.1) is 0 Å². The van der Waals surface area contributed by atoms with E-state index in [0.29, 0.717) is 13.1 Å². The molecule has 1 aromatic heterocycles. The van der Waals surface area contributed by atoms with Gasteiger partial charge in [-0.05, 0) is 27.4 Å². The molecule has 1 aliphatic heterocycles. The van der Waals surface area contributed by atoms with Gasteiger partial charge in [-0.25, -0.2) is 0 Å². The molecule has 7 heteroatoms. The molecule has 102 valence electrons. The maximum atomic E-state index is 12.7. The van der Waals surface area contributed by atoms with Crippen LogP contribution in [0.1, 0.15) is 17.3 Å². The summed E-state index contributed by atoms with van der Waals surface area (Å²) in [6, 6.07) is 1.24. The molecule has 0 spiro atoms. The van der Waals surface area contributed by atoms with Crippen molar-refractivity contribution >= 4 is 27.3 Å². The first kappa shape index (κ1) is 14.3. The summed E-state index contributed by atoms with van der Waals surface area (Å²) in [6.45, 7) is 2.81. The summed E-state index contributed by atoms with van der Waals surface area (Å²) in [5.41, 5.74) is 0. The normalized spacial score (nSPS) is 20.0. The van der Waals surface area contributed by atoms with Crippen molar-refractivity contribution in [1.29, 1.82) is 0 Å². The third-order valence-electron chi connectivity index (χ3n) is 2.96. The van der Waals surface area contributed by atoms with Gasteiger partial charge in [0.2, 0.25) is 0 Å². The lowest BCUT2D eigenvalue weighted by molar-refractivity contribution is -0.148. The van der Waals surface area contributed by atoms with Crippen molar-refractivity contribution in [1.82, 2.24) is 10.2 Å². The molecule has 1 aliphatic rings. The Morgan fingerprint density at radius 2 is 2.06 bits per heavy atom. The summed E-state index contributed by atoms with van der Waals surface area (Å²) in [5.74, 6) is 0. The van der Waals surface area contributed by atoms with Crippen LogP contribution in [0.4, 0.5) is 13.2 Å². The van der Waals surface area contributed by atoms with E-state index in [1.54, 1.807) is 0 Å². The van der Waals surface area contributed by atoms with Crippen molar-refractivity contribution in [2.45, 2.75) is 18.6 Å². The first-order valence-electron chi connectivity index (χ1n) is 5.72. The minimum atomic E-state index is -4.14. The van der Waals surface area contributed by atoms with Gasteiger partial charge in [-0.15, -0.1) is 11.3 Å². The van der Waals surface area contributed by atoms with Gasteiger partial charge < -0.3 is 5.32 Å². The quantitative estimate of drug-likeness (QED) is 0.905. The van der Waals surface area contributed by atoms with Crippen LogP contribution in [0.25, 0.3) is 0 Å². The lowest BCUT2D eigenvalue weighted by atomic mass is 10.1. The number of halogens is 4. The lowest BCUT2D eigenvalue weighted by Crippen LogP contribution is -2.46. The van der Waals surface area contributed by atoms with Gasteiger partial charge in [0, 0.05) is 35.5 Å². The fourth-order valence-electron chi connectivity index (χ4n) is 2.14. The highest BCUT2D eigenvalue weighted by Gasteiger charge is 2.37. The maximum Gasteiger partial charge on any atom is 0.390 e. The molecule has 1 atom stereocenters. The van der Waals surface area contributed by atoms with Crippen molar-refractivity contribution in [3.05, 3.63) is 20.8 Å². The molecule has 2 heterocycles. The number of rotatable bonds is 3. The molecule has 1 N–H and O–H groups in total. The molecular weight excluding hydrogens is 329 g/mol. The molecule has 1 fully saturated rings.